The molecule has 3 fully saturated rings. The molecular formula is C28H36ClN3O6S. The van der Waals surface area contributed by atoms with Crippen LogP contribution in [0.15, 0.2) is 59.5 Å². The first-order chi connectivity index (χ1) is 18.8. The summed E-state index contributed by atoms with van der Waals surface area (Å²) in [5.41, 5.74) is 1.26. The highest BCUT2D eigenvalue weighted by molar-refractivity contribution is 7.89. The molecule has 2 aromatic rings. The molecule has 3 heterocycles. The van der Waals surface area contributed by atoms with Crippen molar-refractivity contribution in [2.45, 2.75) is 67.5 Å². The van der Waals surface area contributed by atoms with Gasteiger partial charge < -0.3 is 19.9 Å². The van der Waals surface area contributed by atoms with Gasteiger partial charge >= 0.3 is 0 Å². The maximum absolute atomic E-state index is 13.6. The summed E-state index contributed by atoms with van der Waals surface area (Å²) in [5, 5.41) is 14.0. The molecule has 0 unspecified atom stereocenters. The largest absolute Gasteiger partial charge is 0.389 e. The van der Waals surface area contributed by atoms with Gasteiger partial charge in [0.2, 0.25) is 15.9 Å². The number of carbonyl (C=O) groups excluding carboxylic acids is 1. The Hall–Kier alpha value is -2.05. The number of aliphatic hydroxyl groups excluding tert-OH is 1. The summed E-state index contributed by atoms with van der Waals surface area (Å²) in [6.45, 7) is 2.66. The summed E-state index contributed by atoms with van der Waals surface area (Å²) in [7, 11) is -3.91. The molecule has 39 heavy (non-hydrogen) atoms. The number of hydrogen-bond acceptors (Lipinski definition) is 7. The molecule has 3 saturated heterocycles. The third-order valence-corrected chi connectivity index (χ3v) is 9.81. The number of hydrogen-bond donors (Lipinski definition) is 2. The molecule has 9 nitrogen and oxygen atoms in total. The van der Waals surface area contributed by atoms with E-state index < -0.39 is 28.3 Å². The van der Waals surface area contributed by atoms with Crippen LogP contribution in [0, 0.1) is 0 Å². The van der Waals surface area contributed by atoms with Crippen LogP contribution in [-0.4, -0.2) is 91.9 Å². The van der Waals surface area contributed by atoms with Crippen LogP contribution < -0.4 is 5.32 Å². The molecule has 0 saturated carbocycles. The standard InChI is InChI=1S/C28H36ClN3O6S/c29-21-6-9-25(10-7-21)39(35,36)32-17-23(33)18-37-19-27-26(32)11-8-24(38-27)14-28(34)30-22-12-13-31(16-22)15-20-4-2-1-3-5-20/h1-7,9-10,22-24,26-27,33H,8,11-19H2,(H,30,34)/t22-,23+,24-,26-,27+/m0/s1. The predicted molar refractivity (Wildman–Crippen MR) is 147 cm³/mol. The van der Waals surface area contributed by atoms with Crippen LogP contribution in [0.2, 0.25) is 5.02 Å². The number of rotatable bonds is 7. The van der Waals surface area contributed by atoms with Gasteiger partial charge in [0.15, 0.2) is 0 Å². The Balaban J connectivity index is 1.18. The minimum Gasteiger partial charge on any atom is -0.389 e. The summed E-state index contributed by atoms with van der Waals surface area (Å²) >= 11 is 5.96. The number of ether oxygens (including phenoxy) is 2. The molecule has 2 aromatic carbocycles. The van der Waals surface area contributed by atoms with Crippen LogP contribution in [0.4, 0.5) is 0 Å². The van der Waals surface area contributed by atoms with Gasteiger partial charge in [-0.25, -0.2) is 8.42 Å². The van der Waals surface area contributed by atoms with Crippen molar-refractivity contribution in [3.05, 3.63) is 65.2 Å². The predicted octanol–water partition coefficient (Wildman–Crippen LogP) is 2.42. The lowest BCUT2D eigenvalue weighted by Gasteiger charge is -2.43. The maximum Gasteiger partial charge on any atom is 0.243 e. The molecule has 5 atom stereocenters. The summed E-state index contributed by atoms with van der Waals surface area (Å²) in [5.74, 6) is -0.0576. The van der Waals surface area contributed by atoms with Gasteiger partial charge in [-0.1, -0.05) is 41.9 Å². The number of carbonyl (C=O) groups is 1. The van der Waals surface area contributed by atoms with Gasteiger partial charge in [-0.15, -0.1) is 0 Å². The van der Waals surface area contributed by atoms with E-state index >= 15 is 0 Å². The number of nitrogens with zero attached hydrogens (tertiary/aromatic N) is 2. The lowest BCUT2D eigenvalue weighted by atomic mass is 9.96. The molecule has 0 radical (unpaired) electrons. The van der Waals surface area contributed by atoms with Gasteiger partial charge in [0.25, 0.3) is 0 Å². The van der Waals surface area contributed by atoms with E-state index in [1.807, 2.05) is 18.2 Å². The number of nitrogens with one attached hydrogen (secondary N) is 1. The summed E-state index contributed by atoms with van der Waals surface area (Å²) in [4.78, 5) is 15.4. The molecule has 0 bridgehead atoms. The van der Waals surface area contributed by atoms with Crippen LogP contribution in [0.1, 0.15) is 31.2 Å². The number of likely N-dealkylation sites (tertiary alicyclic amines) is 1. The van der Waals surface area contributed by atoms with E-state index in [0.29, 0.717) is 17.9 Å². The van der Waals surface area contributed by atoms with Crippen molar-refractivity contribution in [2.75, 3.05) is 32.8 Å². The highest BCUT2D eigenvalue weighted by atomic mass is 35.5. The number of aliphatic hydroxyl groups is 1. The molecule has 3 aliphatic rings. The second-order valence-corrected chi connectivity index (χ2v) is 13.0. The normalized spacial score (nSPS) is 28.8. The van der Waals surface area contributed by atoms with Gasteiger partial charge in [-0.3, -0.25) is 9.69 Å². The molecule has 0 spiro atoms. The Morgan fingerprint density at radius 3 is 2.56 bits per heavy atom. The Morgan fingerprint density at radius 1 is 1.03 bits per heavy atom. The number of fused-ring (bicyclic) bond motifs is 1. The topological polar surface area (TPSA) is 108 Å². The Bertz CT molecular complexity index is 1220. The van der Waals surface area contributed by atoms with Crippen LogP contribution in [0.5, 0.6) is 0 Å². The first-order valence-electron chi connectivity index (χ1n) is 13.5. The minimum absolute atomic E-state index is 0.00549. The summed E-state index contributed by atoms with van der Waals surface area (Å²) in [6.07, 6.45) is 0.319. The molecule has 5 rings (SSSR count). The van der Waals surface area contributed by atoms with Crippen LogP contribution >= 0.6 is 11.6 Å². The molecule has 11 heteroatoms. The van der Waals surface area contributed by atoms with E-state index in [4.69, 9.17) is 21.1 Å². The van der Waals surface area contributed by atoms with E-state index in [2.05, 4.69) is 22.3 Å². The number of β-amino-alcohol motifs (C(OH)–C–C–N with tert-alkyl or cyclic N) is 1. The fourth-order valence-electron chi connectivity index (χ4n) is 5.74. The SMILES string of the molecule is O=C(C[C@@H]1CC[C@H]2[C@@H](COC[C@H](O)CN2S(=O)(=O)c2ccc(Cl)cc2)O1)N[C@H]1CCN(Cc2ccccc2)C1. The minimum atomic E-state index is -3.91. The van der Waals surface area contributed by atoms with Crippen LogP contribution in [0.25, 0.3) is 0 Å². The fraction of sp³-hybridized carbons (Fsp3) is 0.536. The number of sulfonamides is 1. The zero-order valence-electron chi connectivity index (χ0n) is 21.8. The Kier molecular flexibility index (Phi) is 9.23. The first-order valence-corrected chi connectivity index (χ1v) is 15.3. The van der Waals surface area contributed by atoms with Crippen molar-refractivity contribution >= 4 is 27.5 Å². The molecular weight excluding hydrogens is 542 g/mol. The number of halogens is 1. The van der Waals surface area contributed by atoms with Crippen molar-refractivity contribution in [1.29, 1.82) is 0 Å². The third-order valence-electron chi connectivity index (χ3n) is 7.65. The Morgan fingerprint density at radius 2 is 1.79 bits per heavy atom. The average Bonchev–Trinajstić information content (AvgIpc) is 3.33. The molecule has 0 aromatic heterocycles. The van der Waals surface area contributed by atoms with Crippen molar-refractivity contribution < 1.29 is 27.8 Å². The molecule has 2 N–H and O–H groups in total. The van der Waals surface area contributed by atoms with Gasteiger partial charge in [-0.2, -0.15) is 4.31 Å². The smallest absolute Gasteiger partial charge is 0.243 e. The Labute approximate surface area is 235 Å². The van der Waals surface area contributed by atoms with E-state index in [9.17, 15) is 18.3 Å². The number of amides is 1. The lowest BCUT2D eigenvalue weighted by Crippen LogP contribution is -2.57. The molecule has 0 aliphatic carbocycles. The van der Waals surface area contributed by atoms with Gasteiger partial charge in [0.05, 0.1) is 48.9 Å². The van der Waals surface area contributed by atoms with Crippen LogP contribution in [-0.2, 0) is 30.8 Å². The van der Waals surface area contributed by atoms with E-state index in [1.165, 1.54) is 34.1 Å². The second kappa shape index (κ2) is 12.6. The maximum atomic E-state index is 13.6. The molecule has 212 valence electrons. The van der Waals surface area contributed by atoms with Crippen molar-refractivity contribution in [3.8, 4) is 0 Å². The zero-order valence-corrected chi connectivity index (χ0v) is 23.4. The molecule has 3 aliphatic heterocycles. The van der Waals surface area contributed by atoms with Gasteiger partial charge in [0, 0.05) is 37.2 Å². The van der Waals surface area contributed by atoms with Gasteiger partial charge in [0.1, 0.15) is 0 Å². The van der Waals surface area contributed by atoms with Crippen molar-refractivity contribution in [1.82, 2.24) is 14.5 Å². The van der Waals surface area contributed by atoms with E-state index in [1.54, 1.807) is 0 Å². The quantitative estimate of drug-likeness (QED) is 0.520. The first kappa shape index (κ1) is 28.5. The van der Waals surface area contributed by atoms with E-state index in [0.717, 1.165) is 26.1 Å². The second-order valence-electron chi connectivity index (χ2n) is 10.6. The number of benzene rings is 2. The summed E-state index contributed by atoms with van der Waals surface area (Å²) in [6, 6.07) is 15.9. The highest BCUT2D eigenvalue weighted by Crippen LogP contribution is 2.32. The average molecular weight is 578 g/mol. The third kappa shape index (κ3) is 7.18. The van der Waals surface area contributed by atoms with Gasteiger partial charge in [-0.05, 0) is 49.1 Å². The van der Waals surface area contributed by atoms with Crippen LogP contribution in [0.3, 0.4) is 0 Å². The fourth-order valence-corrected chi connectivity index (χ4v) is 7.58. The molecule has 1 amide bonds. The monoisotopic (exact) mass is 577 g/mol. The zero-order chi connectivity index (χ0) is 27.4. The van der Waals surface area contributed by atoms with Crippen molar-refractivity contribution in [3.63, 3.8) is 0 Å². The lowest BCUT2D eigenvalue weighted by molar-refractivity contribution is -0.146. The highest BCUT2D eigenvalue weighted by Gasteiger charge is 2.43. The van der Waals surface area contributed by atoms with E-state index in [-0.39, 0.29) is 49.1 Å². The van der Waals surface area contributed by atoms with Crippen molar-refractivity contribution in [2.24, 2.45) is 0 Å². The summed E-state index contributed by atoms with van der Waals surface area (Å²) < 4.78 is 40.4.